The number of benzene rings is 2. The molecule has 3 aromatic rings. The molecule has 138 valence electrons. The maximum Gasteiger partial charge on any atom is 0.275 e. The number of aryl methyl sites for hydroxylation is 1. The Hall–Kier alpha value is -3.41. The van der Waals surface area contributed by atoms with Gasteiger partial charge in [0.25, 0.3) is 5.91 Å². The van der Waals surface area contributed by atoms with Crippen LogP contribution in [0, 0.1) is 6.92 Å². The van der Waals surface area contributed by atoms with E-state index in [9.17, 15) is 4.79 Å². The largest absolute Gasteiger partial charge is 0.494 e. The average Bonchev–Trinajstić information content (AvgIpc) is 2.70. The van der Waals surface area contributed by atoms with Gasteiger partial charge in [0.2, 0.25) is 0 Å². The average molecular weight is 362 g/mol. The van der Waals surface area contributed by atoms with E-state index in [2.05, 4.69) is 51.8 Å². The van der Waals surface area contributed by atoms with Gasteiger partial charge in [-0.2, -0.15) is 0 Å². The van der Waals surface area contributed by atoms with Crippen LogP contribution in [0.1, 0.15) is 28.5 Å². The first-order valence-corrected chi connectivity index (χ1v) is 8.79. The molecule has 27 heavy (non-hydrogen) atoms. The summed E-state index contributed by atoms with van der Waals surface area (Å²) in [7, 11) is 0. The summed E-state index contributed by atoms with van der Waals surface area (Å²) >= 11 is 0. The third-order valence-corrected chi connectivity index (χ3v) is 3.90. The maximum atomic E-state index is 12.3. The molecule has 0 aliphatic heterocycles. The highest BCUT2D eigenvalue weighted by molar-refractivity contribution is 6.02. The van der Waals surface area contributed by atoms with Gasteiger partial charge in [-0.25, -0.2) is 9.97 Å². The number of nitrogens with zero attached hydrogens (tertiary/aromatic N) is 2. The maximum absolute atomic E-state index is 12.3. The molecule has 0 fully saturated rings. The Morgan fingerprint density at radius 1 is 1.00 bits per heavy atom. The van der Waals surface area contributed by atoms with Crippen molar-refractivity contribution in [2.24, 2.45) is 0 Å². The lowest BCUT2D eigenvalue weighted by molar-refractivity contribution is 0.102. The van der Waals surface area contributed by atoms with Crippen molar-refractivity contribution in [1.82, 2.24) is 9.97 Å². The monoisotopic (exact) mass is 362 g/mol. The second-order valence-electron chi connectivity index (χ2n) is 6.04. The minimum atomic E-state index is -0.309. The lowest BCUT2D eigenvalue weighted by Gasteiger charge is -2.08. The Balaban J connectivity index is 1.55. The quantitative estimate of drug-likeness (QED) is 0.663. The zero-order chi connectivity index (χ0) is 19.1. The van der Waals surface area contributed by atoms with E-state index in [1.807, 2.05) is 19.1 Å². The highest BCUT2D eigenvalue weighted by atomic mass is 16.5. The summed E-state index contributed by atoms with van der Waals surface area (Å²) in [6.45, 7) is 5.23. The summed E-state index contributed by atoms with van der Waals surface area (Å²) in [6.07, 6.45) is 3.02. The van der Waals surface area contributed by atoms with Gasteiger partial charge in [-0.05, 0) is 43.7 Å². The highest BCUT2D eigenvalue weighted by Gasteiger charge is 2.09. The molecule has 1 amide bonds. The van der Waals surface area contributed by atoms with E-state index in [0.717, 1.165) is 11.3 Å². The third kappa shape index (κ3) is 5.28. The molecule has 2 N–H and O–H groups in total. The number of rotatable bonds is 7. The van der Waals surface area contributed by atoms with E-state index in [1.165, 1.54) is 11.8 Å². The first-order valence-electron chi connectivity index (χ1n) is 8.79. The van der Waals surface area contributed by atoms with Crippen molar-refractivity contribution in [1.29, 1.82) is 0 Å². The fourth-order valence-corrected chi connectivity index (χ4v) is 2.43. The molecule has 0 saturated heterocycles. The summed E-state index contributed by atoms with van der Waals surface area (Å²) in [5, 5.41) is 5.99. The summed E-state index contributed by atoms with van der Waals surface area (Å²) < 4.78 is 5.38. The second-order valence-corrected chi connectivity index (χ2v) is 6.04. The molecule has 0 radical (unpaired) electrons. The van der Waals surface area contributed by atoms with Gasteiger partial charge < -0.3 is 15.4 Å². The van der Waals surface area contributed by atoms with Gasteiger partial charge in [-0.15, -0.1) is 0 Å². The normalized spacial score (nSPS) is 10.3. The standard InChI is InChI=1S/C21H22N4O2/c1-3-27-18-10-8-17(9-11-18)25-21(26)19-13-24-20(14-22-19)23-12-16-6-4-15(2)5-7-16/h4-11,13-14H,3,12H2,1-2H3,(H,23,24)(H,25,26). The summed E-state index contributed by atoms with van der Waals surface area (Å²) in [5.74, 6) is 1.07. The van der Waals surface area contributed by atoms with Gasteiger partial charge in [0.1, 0.15) is 17.3 Å². The highest BCUT2D eigenvalue weighted by Crippen LogP contribution is 2.16. The number of amides is 1. The molecule has 0 spiro atoms. The minimum absolute atomic E-state index is 0.254. The molecule has 1 heterocycles. The Morgan fingerprint density at radius 2 is 1.74 bits per heavy atom. The number of anilines is 2. The zero-order valence-electron chi connectivity index (χ0n) is 15.4. The van der Waals surface area contributed by atoms with Gasteiger partial charge in [0, 0.05) is 12.2 Å². The molecular weight excluding hydrogens is 340 g/mol. The van der Waals surface area contributed by atoms with Crippen LogP contribution < -0.4 is 15.4 Å². The van der Waals surface area contributed by atoms with Crippen LogP contribution in [0.4, 0.5) is 11.5 Å². The third-order valence-electron chi connectivity index (χ3n) is 3.90. The number of carbonyl (C=O) groups excluding carboxylic acids is 1. The van der Waals surface area contributed by atoms with Crippen molar-refractivity contribution in [3.63, 3.8) is 0 Å². The Kier molecular flexibility index (Phi) is 5.99. The lowest BCUT2D eigenvalue weighted by Crippen LogP contribution is -2.14. The van der Waals surface area contributed by atoms with Gasteiger partial charge in [0.15, 0.2) is 0 Å². The van der Waals surface area contributed by atoms with Crippen molar-refractivity contribution >= 4 is 17.4 Å². The summed E-state index contributed by atoms with van der Waals surface area (Å²) in [4.78, 5) is 20.7. The molecule has 6 nitrogen and oxygen atoms in total. The van der Waals surface area contributed by atoms with E-state index in [4.69, 9.17) is 4.74 Å². The topological polar surface area (TPSA) is 76.1 Å². The van der Waals surface area contributed by atoms with Crippen LogP contribution in [-0.4, -0.2) is 22.5 Å². The van der Waals surface area contributed by atoms with Crippen LogP contribution >= 0.6 is 0 Å². The number of hydrogen-bond acceptors (Lipinski definition) is 5. The van der Waals surface area contributed by atoms with Crippen molar-refractivity contribution < 1.29 is 9.53 Å². The number of carbonyl (C=O) groups is 1. The van der Waals surface area contributed by atoms with Gasteiger partial charge in [-0.3, -0.25) is 4.79 Å². The van der Waals surface area contributed by atoms with E-state index in [-0.39, 0.29) is 11.6 Å². The SMILES string of the molecule is CCOc1ccc(NC(=O)c2cnc(NCc3ccc(C)cc3)cn2)cc1. The predicted molar refractivity (Wildman–Crippen MR) is 106 cm³/mol. The van der Waals surface area contributed by atoms with E-state index in [0.29, 0.717) is 24.7 Å². The number of aromatic nitrogens is 2. The van der Waals surface area contributed by atoms with Crippen molar-refractivity contribution in [3.8, 4) is 5.75 Å². The first kappa shape index (κ1) is 18.4. The van der Waals surface area contributed by atoms with Crippen LogP contribution in [0.3, 0.4) is 0 Å². The Labute approximate surface area is 158 Å². The van der Waals surface area contributed by atoms with Crippen LogP contribution in [0.15, 0.2) is 60.9 Å². The second kappa shape index (κ2) is 8.80. The van der Waals surface area contributed by atoms with Gasteiger partial charge >= 0.3 is 0 Å². The number of hydrogen-bond donors (Lipinski definition) is 2. The molecule has 3 rings (SSSR count). The van der Waals surface area contributed by atoms with Crippen molar-refractivity contribution in [2.75, 3.05) is 17.2 Å². The number of ether oxygens (including phenoxy) is 1. The van der Waals surface area contributed by atoms with E-state index >= 15 is 0 Å². The molecule has 0 unspecified atom stereocenters. The lowest BCUT2D eigenvalue weighted by atomic mass is 10.1. The van der Waals surface area contributed by atoms with Gasteiger partial charge in [0.05, 0.1) is 19.0 Å². The molecule has 1 aromatic heterocycles. The van der Waals surface area contributed by atoms with Crippen LogP contribution in [0.2, 0.25) is 0 Å². The molecule has 0 aliphatic rings. The molecule has 0 aliphatic carbocycles. The predicted octanol–water partition coefficient (Wildman–Crippen LogP) is 4.05. The molecule has 0 bridgehead atoms. The molecule has 0 atom stereocenters. The fraction of sp³-hybridized carbons (Fsp3) is 0.190. The van der Waals surface area contributed by atoms with Gasteiger partial charge in [-0.1, -0.05) is 29.8 Å². The smallest absolute Gasteiger partial charge is 0.275 e. The first-order chi connectivity index (χ1) is 13.1. The van der Waals surface area contributed by atoms with Crippen LogP contribution in [-0.2, 0) is 6.54 Å². The Morgan fingerprint density at radius 3 is 2.37 bits per heavy atom. The molecule has 6 heteroatoms. The minimum Gasteiger partial charge on any atom is -0.494 e. The van der Waals surface area contributed by atoms with Crippen molar-refractivity contribution in [3.05, 3.63) is 77.7 Å². The van der Waals surface area contributed by atoms with Crippen LogP contribution in [0.5, 0.6) is 5.75 Å². The van der Waals surface area contributed by atoms with Crippen molar-refractivity contribution in [2.45, 2.75) is 20.4 Å². The summed E-state index contributed by atoms with van der Waals surface area (Å²) in [5.41, 5.74) is 3.30. The fourth-order valence-electron chi connectivity index (χ4n) is 2.43. The zero-order valence-corrected chi connectivity index (χ0v) is 15.4. The summed E-state index contributed by atoms with van der Waals surface area (Å²) in [6, 6.07) is 15.4. The Bertz CT molecular complexity index is 876. The number of nitrogens with one attached hydrogen (secondary N) is 2. The molecular formula is C21H22N4O2. The van der Waals surface area contributed by atoms with E-state index in [1.54, 1.807) is 18.3 Å². The van der Waals surface area contributed by atoms with E-state index < -0.39 is 0 Å². The molecule has 2 aromatic carbocycles. The van der Waals surface area contributed by atoms with Crippen LogP contribution in [0.25, 0.3) is 0 Å². The molecule has 0 saturated carbocycles.